The molecule has 1 aliphatic carbocycles. The van der Waals surface area contributed by atoms with Crippen LogP contribution in [0.4, 0.5) is 5.82 Å². The number of halogens is 1. The first-order chi connectivity index (χ1) is 12.1. The number of anilines is 1. The highest BCUT2D eigenvalue weighted by atomic mass is 35.5. The van der Waals surface area contributed by atoms with Crippen LogP contribution in [0.2, 0.25) is 5.02 Å². The second-order valence-electron chi connectivity index (χ2n) is 6.45. The predicted molar refractivity (Wildman–Crippen MR) is 106 cm³/mol. The van der Waals surface area contributed by atoms with Gasteiger partial charge in [-0.3, -0.25) is 4.99 Å². The Balaban J connectivity index is 1.84. The Kier molecular flexibility index (Phi) is 5.56. The van der Waals surface area contributed by atoms with Gasteiger partial charge in [-0.2, -0.15) is 5.10 Å². The molecule has 3 rings (SSSR count). The summed E-state index contributed by atoms with van der Waals surface area (Å²) in [7, 11) is 0. The maximum Gasteiger partial charge on any atom is 0.142 e. The van der Waals surface area contributed by atoms with Crippen molar-refractivity contribution in [1.29, 1.82) is 0 Å². The van der Waals surface area contributed by atoms with Crippen LogP contribution in [0.5, 0.6) is 0 Å². The highest BCUT2D eigenvalue weighted by molar-refractivity contribution is 6.30. The van der Waals surface area contributed by atoms with E-state index in [1.807, 2.05) is 37.4 Å². The smallest absolute Gasteiger partial charge is 0.142 e. The van der Waals surface area contributed by atoms with Crippen molar-refractivity contribution in [2.45, 2.75) is 44.7 Å². The summed E-state index contributed by atoms with van der Waals surface area (Å²) in [5.41, 5.74) is 7.93. The Bertz CT molecular complexity index is 772. The van der Waals surface area contributed by atoms with E-state index < -0.39 is 0 Å². The third kappa shape index (κ3) is 4.30. The number of amidine groups is 1. The second-order valence-corrected chi connectivity index (χ2v) is 6.89. The molecule has 25 heavy (non-hydrogen) atoms. The zero-order valence-electron chi connectivity index (χ0n) is 14.5. The lowest BCUT2D eigenvalue weighted by Gasteiger charge is -2.23. The molecule has 1 aromatic carbocycles. The second kappa shape index (κ2) is 7.85. The van der Waals surface area contributed by atoms with E-state index >= 15 is 0 Å². The first-order valence-corrected chi connectivity index (χ1v) is 8.97. The van der Waals surface area contributed by atoms with Gasteiger partial charge in [0.1, 0.15) is 5.82 Å². The molecule has 1 aliphatic rings. The first kappa shape index (κ1) is 17.7. The third-order valence-electron chi connectivity index (χ3n) is 4.52. The summed E-state index contributed by atoms with van der Waals surface area (Å²) >= 11 is 6.13. The molecule has 0 unspecified atom stereocenters. The van der Waals surface area contributed by atoms with Gasteiger partial charge in [-0.05, 0) is 50.3 Å². The topological polar surface area (TPSA) is 68.2 Å². The number of hydrogen-bond acceptors (Lipinski definition) is 3. The largest absolute Gasteiger partial charge is 0.328 e. The van der Waals surface area contributed by atoms with Crippen molar-refractivity contribution < 1.29 is 0 Å². The Hall–Kier alpha value is -2.11. The molecule has 0 spiro atoms. The van der Waals surface area contributed by atoms with Crippen LogP contribution < -0.4 is 11.1 Å². The Labute approximate surface area is 153 Å². The fourth-order valence-electron chi connectivity index (χ4n) is 3.20. The van der Waals surface area contributed by atoms with Crippen molar-refractivity contribution >= 4 is 29.5 Å². The van der Waals surface area contributed by atoms with Crippen molar-refractivity contribution in [1.82, 2.24) is 9.78 Å². The quantitative estimate of drug-likeness (QED) is 0.629. The van der Waals surface area contributed by atoms with Gasteiger partial charge in [0, 0.05) is 22.8 Å². The lowest BCUT2D eigenvalue weighted by atomic mass is 9.92. The Morgan fingerprint density at radius 3 is 2.84 bits per heavy atom. The van der Waals surface area contributed by atoms with Crippen LogP contribution in [0.15, 0.2) is 42.0 Å². The summed E-state index contributed by atoms with van der Waals surface area (Å²) < 4.78 is 1.71. The molecule has 132 valence electrons. The number of rotatable bonds is 4. The highest BCUT2D eigenvalue weighted by Gasteiger charge is 2.18. The molecule has 0 atom stereocenters. The zero-order chi connectivity index (χ0) is 17.8. The average molecular weight is 358 g/mol. The summed E-state index contributed by atoms with van der Waals surface area (Å²) in [5.74, 6) is 1.71. The van der Waals surface area contributed by atoms with Gasteiger partial charge in [0.15, 0.2) is 0 Å². The molecule has 2 aromatic rings. The maximum absolute atomic E-state index is 6.13. The molecule has 3 N–H and O–H groups in total. The van der Waals surface area contributed by atoms with Gasteiger partial charge in [-0.1, -0.05) is 30.3 Å². The van der Waals surface area contributed by atoms with Gasteiger partial charge in [0.05, 0.1) is 18.1 Å². The summed E-state index contributed by atoms with van der Waals surface area (Å²) in [4.78, 5) is 4.82. The summed E-state index contributed by atoms with van der Waals surface area (Å²) in [6.07, 6.45) is 7.65. The van der Waals surface area contributed by atoms with Gasteiger partial charge in [0.2, 0.25) is 0 Å². The zero-order valence-corrected chi connectivity index (χ0v) is 15.2. The molecule has 0 amide bonds. The molecule has 6 heteroatoms. The van der Waals surface area contributed by atoms with Crippen molar-refractivity contribution in [2.75, 3.05) is 5.32 Å². The SMILES string of the molecule is C=Cn1ncc(-c2cccc(Cl)c2)c1NC(C)=NC1CCC(N)CC1. The fraction of sp³-hybridized carbons (Fsp3) is 0.368. The van der Waals surface area contributed by atoms with Crippen molar-refractivity contribution in [2.24, 2.45) is 10.7 Å². The molecule has 0 aliphatic heterocycles. The van der Waals surface area contributed by atoms with E-state index in [1.165, 1.54) is 0 Å². The van der Waals surface area contributed by atoms with E-state index in [4.69, 9.17) is 22.3 Å². The number of nitrogens with one attached hydrogen (secondary N) is 1. The molecular formula is C19H24ClN5. The average Bonchev–Trinajstić information content (AvgIpc) is 2.99. The molecule has 0 radical (unpaired) electrons. The Morgan fingerprint density at radius 2 is 2.16 bits per heavy atom. The van der Waals surface area contributed by atoms with Crippen LogP contribution in [-0.2, 0) is 0 Å². The van der Waals surface area contributed by atoms with E-state index in [1.54, 1.807) is 10.9 Å². The molecule has 1 aromatic heterocycles. The van der Waals surface area contributed by atoms with E-state index in [9.17, 15) is 0 Å². The minimum absolute atomic E-state index is 0.330. The van der Waals surface area contributed by atoms with Crippen molar-refractivity contribution in [3.63, 3.8) is 0 Å². The van der Waals surface area contributed by atoms with Crippen LogP contribution in [0, 0.1) is 0 Å². The molecule has 5 nitrogen and oxygen atoms in total. The lowest BCUT2D eigenvalue weighted by Crippen LogP contribution is -2.29. The van der Waals surface area contributed by atoms with E-state index in [-0.39, 0.29) is 0 Å². The number of aliphatic imine (C=N–C) groups is 1. The number of hydrogen-bond donors (Lipinski definition) is 2. The van der Waals surface area contributed by atoms with E-state index in [0.29, 0.717) is 17.1 Å². The number of benzene rings is 1. The predicted octanol–water partition coefficient (Wildman–Crippen LogP) is 4.40. The lowest BCUT2D eigenvalue weighted by molar-refractivity contribution is 0.396. The van der Waals surface area contributed by atoms with Crippen LogP contribution in [0.3, 0.4) is 0 Å². The number of nitrogens with two attached hydrogens (primary N) is 1. The standard InChI is InChI=1S/C19H24ClN5/c1-3-25-19(18(12-22-25)14-5-4-6-15(20)11-14)24-13(2)23-17-9-7-16(21)8-10-17/h3-6,11-12,16-17H,1,7-10,21H2,2H3,(H,23,24). The van der Waals surface area contributed by atoms with Crippen LogP contribution >= 0.6 is 11.6 Å². The van der Waals surface area contributed by atoms with Crippen molar-refractivity contribution in [3.05, 3.63) is 42.1 Å². The fourth-order valence-corrected chi connectivity index (χ4v) is 3.39. The maximum atomic E-state index is 6.13. The minimum Gasteiger partial charge on any atom is -0.328 e. The number of nitrogens with zero attached hydrogens (tertiary/aromatic N) is 3. The molecule has 1 fully saturated rings. The van der Waals surface area contributed by atoms with Crippen molar-refractivity contribution in [3.8, 4) is 11.1 Å². The van der Waals surface area contributed by atoms with E-state index in [2.05, 4.69) is 17.0 Å². The third-order valence-corrected chi connectivity index (χ3v) is 4.76. The summed E-state index contributed by atoms with van der Waals surface area (Å²) in [5, 5.41) is 8.46. The highest BCUT2D eigenvalue weighted by Crippen LogP contribution is 2.30. The van der Waals surface area contributed by atoms with Gasteiger partial charge in [-0.15, -0.1) is 0 Å². The summed E-state index contributed by atoms with van der Waals surface area (Å²) in [6, 6.07) is 8.39. The van der Waals surface area contributed by atoms with Crippen LogP contribution in [0.1, 0.15) is 32.6 Å². The molecule has 1 saturated carbocycles. The van der Waals surface area contributed by atoms with Crippen LogP contribution in [-0.4, -0.2) is 27.7 Å². The minimum atomic E-state index is 0.330. The first-order valence-electron chi connectivity index (χ1n) is 8.60. The molecular weight excluding hydrogens is 334 g/mol. The van der Waals surface area contributed by atoms with Gasteiger partial charge >= 0.3 is 0 Å². The van der Waals surface area contributed by atoms with E-state index in [0.717, 1.165) is 48.5 Å². The van der Waals surface area contributed by atoms with Gasteiger partial charge < -0.3 is 11.1 Å². The van der Waals surface area contributed by atoms with Gasteiger partial charge in [-0.25, -0.2) is 4.68 Å². The van der Waals surface area contributed by atoms with Gasteiger partial charge in [0.25, 0.3) is 0 Å². The summed E-state index contributed by atoms with van der Waals surface area (Å²) in [6.45, 7) is 5.81. The molecule has 0 saturated heterocycles. The molecule has 0 bridgehead atoms. The number of aromatic nitrogens is 2. The normalized spacial score (nSPS) is 21.2. The molecule has 1 heterocycles. The monoisotopic (exact) mass is 357 g/mol. The Morgan fingerprint density at radius 1 is 1.40 bits per heavy atom. The van der Waals surface area contributed by atoms with Crippen LogP contribution in [0.25, 0.3) is 17.3 Å².